The fraction of sp³-hybridized carbons (Fsp3) is 0.533. The van der Waals surface area contributed by atoms with E-state index in [1.807, 2.05) is 12.1 Å². The van der Waals surface area contributed by atoms with Crippen LogP contribution in [0.1, 0.15) is 37.7 Å². The van der Waals surface area contributed by atoms with E-state index < -0.39 is 0 Å². The third-order valence-corrected chi connectivity index (χ3v) is 4.35. The Hall–Kier alpha value is -1.51. The molecule has 1 amide bonds. The van der Waals surface area contributed by atoms with Crippen LogP contribution in [0.3, 0.4) is 0 Å². The molecule has 18 heavy (non-hydrogen) atoms. The van der Waals surface area contributed by atoms with Gasteiger partial charge in [-0.25, -0.2) is 0 Å². The third kappa shape index (κ3) is 1.69. The van der Waals surface area contributed by atoms with Crippen LogP contribution in [0.4, 0.5) is 5.69 Å². The fourth-order valence-corrected chi connectivity index (χ4v) is 3.48. The smallest absolute Gasteiger partial charge is 0.232 e. The minimum absolute atomic E-state index is 0.0278. The summed E-state index contributed by atoms with van der Waals surface area (Å²) in [6, 6.07) is 5.94. The van der Waals surface area contributed by atoms with E-state index in [-0.39, 0.29) is 11.8 Å². The molecule has 0 aromatic heterocycles. The molecule has 1 heterocycles. The van der Waals surface area contributed by atoms with Crippen molar-refractivity contribution in [2.24, 2.45) is 11.8 Å². The third-order valence-electron chi connectivity index (χ3n) is 4.35. The van der Waals surface area contributed by atoms with E-state index >= 15 is 0 Å². The van der Waals surface area contributed by atoms with Gasteiger partial charge < -0.3 is 10.1 Å². The Kier molecular flexibility index (Phi) is 2.77. The van der Waals surface area contributed by atoms with Gasteiger partial charge in [-0.1, -0.05) is 25.5 Å². The lowest BCUT2D eigenvalue weighted by Crippen LogP contribution is -2.19. The van der Waals surface area contributed by atoms with E-state index in [0.29, 0.717) is 5.92 Å². The second kappa shape index (κ2) is 4.30. The van der Waals surface area contributed by atoms with Crippen LogP contribution in [0, 0.1) is 11.8 Å². The van der Waals surface area contributed by atoms with Gasteiger partial charge in [0.1, 0.15) is 5.75 Å². The van der Waals surface area contributed by atoms with E-state index in [1.165, 1.54) is 6.42 Å². The normalized spacial score (nSPS) is 30.1. The van der Waals surface area contributed by atoms with E-state index in [9.17, 15) is 4.79 Å². The summed E-state index contributed by atoms with van der Waals surface area (Å²) in [5, 5.41) is 2.99. The molecule has 3 rings (SSSR count). The van der Waals surface area contributed by atoms with Crippen molar-refractivity contribution in [1.82, 2.24) is 0 Å². The van der Waals surface area contributed by atoms with Gasteiger partial charge in [0.05, 0.1) is 18.7 Å². The lowest BCUT2D eigenvalue weighted by atomic mass is 9.85. The van der Waals surface area contributed by atoms with E-state index in [2.05, 4.69) is 18.3 Å². The molecule has 1 aliphatic carbocycles. The van der Waals surface area contributed by atoms with Crippen molar-refractivity contribution in [2.45, 2.75) is 32.1 Å². The number of methoxy groups -OCH3 is 1. The average molecular weight is 245 g/mol. The lowest BCUT2D eigenvalue weighted by Gasteiger charge is -2.16. The number of hydrogen-bond donors (Lipinski definition) is 1. The van der Waals surface area contributed by atoms with Crippen molar-refractivity contribution in [3.05, 3.63) is 23.8 Å². The van der Waals surface area contributed by atoms with E-state index in [4.69, 9.17) is 4.74 Å². The molecule has 1 saturated carbocycles. The summed E-state index contributed by atoms with van der Waals surface area (Å²) >= 11 is 0. The van der Waals surface area contributed by atoms with Gasteiger partial charge in [0.15, 0.2) is 0 Å². The predicted octanol–water partition coefficient (Wildman–Crippen LogP) is 3.17. The Morgan fingerprint density at radius 2 is 2.17 bits per heavy atom. The number of para-hydroxylation sites is 1. The summed E-state index contributed by atoms with van der Waals surface area (Å²) in [5.41, 5.74) is 2.01. The Morgan fingerprint density at radius 3 is 2.83 bits per heavy atom. The van der Waals surface area contributed by atoms with Crippen LogP contribution in [0.25, 0.3) is 0 Å². The van der Waals surface area contributed by atoms with Gasteiger partial charge in [0.25, 0.3) is 0 Å². The number of carbonyl (C=O) groups is 1. The van der Waals surface area contributed by atoms with Crippen LogP contribution < -0.4 is 10.1 Å². The SMILES string of the molecule is COc1cccc2c1NC(=O)C2C1CCC(C)C1. The number of hydrogen-bond acceptors (Lipinski definition) is 2. The fourth-order valence-electron chi connectivity index (χ4n) is 3.48. The molecule has 1 fully saturated rings. The molecule has 0 spiro atoms. The Labute approximate surface area is 108 Å². The van der Waals surface area contributed by atoms with Crippen LogP contribution in [0.5, 0.6) is 5.75 Å². The zero-order chi connectivity index (χ0) is 12.7. The van der Waals surface area contributed by atoms with Gasteiger partial charge in [0.2, 0.25) is 5.91 Å². The summed E-state index contributed by atoms with van der Waals surface area (Å²) in [6.07, 6.45) is 3.57. The molecule has 0 bridgehead atoms. The molecule has 0 saturated heterocycles. The molecule has 1 N–H and O–H groups in total. The first-order chi connectivity index (χ1) is 8.70. The number of benzene rings is 1. The van der Waals surface area contributed by atoms with E-state index in [1.54, 1.807) is 7.11 Å². The average Bonchev–Trinajstić information content (AvgIpc) is 2.91. The number of rotatable bonds is 2. The van der Waals surface area contributed by atoms with Gasteiger partial charge in [-0.15, -0.1) is 0 Å². The standard InChI is InChI=1S/C15H19NO2/c1-9-6-7-10(8-9)13-11-4-3-5-12(18-2)14(11)16-15(13)17/h3-5,9-10,13H,6-8H2,1-2H3,(H,16,17). The Bertz CT molecular complexity index is 483. The minimum Gasteiger partial charge on any atom is -0.495 e. The van der Waals surface area contributed by atoms with Crippen molar-refractivity contribution >= 4 is 11.6 Å². The zero-order valence-corrected chi connectivity index (χ0v) is 10.9. The number of amides is 1. The highest BCUT2D eigenvalue weighted by molar-refractivity contribution is 6.04. The van der Waals surface area contributed by atoms with Crippen molar-refractivity contribution in [3.63, 3.8) is 0 Å². The number of carbonyl (C=O) groups excluding carboxylic acids is 1. The molecular weight excluding hydrogens is 226 g/mol. The zero-order valence-electron chi connectivity index (χ0n) is 10.9. The van der Waals surface area contributed by atoms with Gasteiger partial charge in [-0.2, -0.15) is 0 Å². The molecule has 1 aromatic carbocycles. The monoisotopic (exact) mass is 245 g/mol. The lowest BCUT2D eigenvalue weighted by molar-refractivity contribution is -0.118. The maximum absolute atomic E-state index is 12.2. The number of fused-ring (bicyclic) bond motifs is 1. The minimum atomic E-state index is 0.0278. The molecule has 2 aliphatic rings. The molecule has 3 heteroatoms. The molecule has 1 aliphatic heterocycles. The van der Waals surface area contributed by atoms with Gasteiger partial charge in [-0.05, 0) is 36.3 Å². The first-order valence-electron chi connectivity index (χ1n) is 6.68. The molecule has 3 nitrogen and oxygen atoms in total. The van der Waals surface area contributed by atoms with Crippen LogP contribution in [-0.2, 0) is 4.79 Å². The second-order valence-corrected chi connectivity index (χ2v) is 5.57. The van der Waals surface area contributed by atoms with Gasteiger partial charge >= 0.3 is 0 Å². The Morgan fingerprint density at radius 1 is 1.33 bits per heavy atom. The van der Waals surface area contributed by atoms with Gasteiger partial charge in [-0.3, -0.25) is 4.79 Å². The first kappa shape index (κ1) is 11.6. The van der Waals surface area contributed by atoms with Crippen molar-refractivity contribution in [3.8, 4) is 5.75 Å². The maximum atomic E-state index is 12.2. The topological polar surface area (TPSA) is 38.3 Å². The summed E-state index contributed by atoms with van der Waals surface area (Å²) in [7, 11) is 1.65. The quantitative estimate of drug-likeness (QED) is 0.869. The summed E-state index contributed by atoms with van der Waals surface area (Å²) in [5.74, 6) is 2.19. The maximum Gasteiger partial charge on any atom is 0.232 e. The van der Waals surface area contributed by atoms with Gasteiger partial charge in [0, 0.05) is 0 Å². The molecule has 0 radical (unpaired) electrons. The summed E-state index contributed by atoms with van der Waals surface area (Å²) < 4.78 is 5.32. The molecule has 1 aromatic rings. The van der Waals surface area contributed by atoms with Crippen LogP contribution >= 0.6 is 0 Å². The number of nitrogens with one attached hydrogen (secondary N) is 1. The predicted molar refractivity (Wildman–Crippen MR) is 70.9 cm³/mol. The van der Waals surface area contributed by atoms with Crippen molar-refractivity contribution in [1.29, 1.82) is 0 Å². The highest BCUT2D eigenvalue weighted by atomic mass is 16.5. The summed E-state index contributed by atoms with van der Waals surface area (Å²) in [6.45, 7) is 2.28. The van der Waals surface area contributed by atoms with Crippen LogP contribution in [0.2, 0.25) is 0 Å². The summed E-state index contributed by atoms with van der Waals surface area (Å²) in [4.78, 5) is 12.2. The second-order valence-electron chi connectivity index (χ2n) is 5.57. The van der Waals surface area contributed by atoms with Crippen molar-refractivity contribution in [2.75, 3.05) is 12.4 Å². The van der Waals surface area contributed by atoms with Crippen LogP contribution in [0.15, 0.2) is 18.2 Å². The van der Waals surface area contributed by atoms with Crippen molar-refractivity contribution < 1.29 is 9.53 Å². The number of ether oxygens (including phenoxy) is 1. The van der Waals surface area contributed by atoms with E-state index in [0.717, 1.165) is 35.8 Å². The Balaban J connectivity index is 1.97. The largest absolute Gasteiger partial charge is 0.495 e. The molecule has 96 valence electrons. The molecule has 3 atom stereocenters. The highest BCUT2D eigenvalue weighted by Crippen LogP contribution is 2.48. The number of anilines is 1. The molecular formula is C15H19NO2. The first-order valence-corrected chi connectivity index (χ1v) is 6.68. The molecule has 3 unspecified atom stereocenters. The highest BCUT2D eigenvalue weighted by Gasteiger charge is 2.40. The van der Waals surface area contributed by atoms with Crippen LogP contribution in [-0.4, -0.2) is 13.0 Å².